The highest BCUT2D eigenvalue weighted by molar-refractivity contribution is 8.24. The van der Waals surface area contributed by atoms with Gasteiger partial charge in [0.05, 0.1) is 101 Å². The zero-order chi connectivity index (χ0) is 92.1. The van der Waals surface area contributed by atoms with E-state index in [-0.39, 0.29) is 24.3 Å². The van der Waals surface area contributed by atoms with Crippen molar-refractivity contribution in [2.75, 3.05) is 36.3 Å². The van der Waals surface area contributed by atoms with Crippen LogP contribution >= 0.6 is 96.1 Å². The van der Waals surface area contributed by atoms with E-state index in [1.165, 1.54) is 22.7 Å². The monoisotopic (exact) mass is 1910 g/mol. The Morgan fingerprint density at radius 2 is 0.771 bits per heavy atom. The summed E-state index contributed by atoms with van der Waals surface area (Å²) in [5.74, 6) is 5.12. The number of aromatic amines is 2. The number of nitrogen functional groups attached to an aromatic ring is 2. The number of ether oxygens (including phenoxy) is 2. The molecule has 0 unspecified atom stereocenters. The minimum absolute atomic E-state index is 0.00153. The van der Waals surface area contributed by atoms with Crippen molar-refractivity contribution in [2.45, 2.75) is 13.2 Å². The summed E-state index contributed by atoms with van der Waals surface area (Å²) in [5, 5.41) is 27.9. The number of methoxy groups -OCH3 is 2. The molecule has 35 heteroatoms. The standard InChI is InChI=1S/C34H26N6O2S.C22H12Cl2N4.C20H12N4O2S.C7H8N2O.C7H9NO.C6H6O2S.Cl3OP/c1-42-24-16-14-23(15-17-24)36-32-26-7-3-5-9-28(26)38-34(40-32)30-19-18-29(43-30)33-37-27-8-4-2-6-25(27)31(39-33)35-22-12-10-21(20-41)11-13-22;23-19-15-5-1-3-7-17(15)25-21(27-19)13-9-11-14(12-10-13)22-26-18-8-4-2-6-16(18)20(24)28-22;25-19-11-5-1-3-7-13(11)21-17(23-19)15-9-10-16(27-15)18-22-14-8-4-2-6-12(14)20(26)24-18;8-6-4-2-1-3-5(6)7(9)10;8-7-3-1-6(5-9)2-4-7;1-8-6-3-2-5(4-7)9-6;1-5(2,3)4/h2-19,41H,20H2,1H3,(H,35,37,39)(H,36,38,40);1-12H;1-10H,(H,21,23,25)(H,22,24,26);1-4H,8H2,(H2,9,10);1-4,9H,5,8H2;2-4H,1H3;. The van der Waals surface area contributed by atoms with Gasteiger partial charge in [0.15, 0.2) is 46.3 Å². The fraction of sp³-hybridized carbons (Fsp3) is 0.0417. The summed E-state index contributed by atoms with van der Waals surface area (Å²) in [6.45, 7) is 0.0851. The van der Waals surface area contributed by atoms with E-state index in [2.05, 4.69) is 84.2 Å². The topological polar surface area (TPSA) is 407 Å². The number of aldehydes is 1. The van der Waals surface area contributed by atoms with Crippen LogP contribution in [0.4, 0.5) is 34.4 Å². The van der Waals surface area contributed by atoms with Crippen LogP contribution in [0.5, 0.6) is 10.8 Å². The van der Waals surface area contributed by atoms with Gasteiger partial charge in [0.25, 0.3) is 17.0 Å². The third kappa shape index (κ3) is 24.4. The number of halogens is 5. The predicted octanol–water partition coefficient (Wildman–Crippen LogP) is 23.2. The van der Waals surface area contributed by atoms with Gasteiger partial charge < -0.3 is 57.5 Å². The first kappa shape index (κ1) is 92.9. The number of carbonyl (C=O) groups excluding carboxylic acids is 2. The van der Waals surface area contributed by atoms with Crippen molar-refractivity contribution in [3.8, 4) is 76.4 Å². The maximum atomic E-state index is 12.3. The van der Waals surface area contributed by atoms with Crippen LogP contribution in [0.25, 0.3) is 131 Å². The number of hydrogen-bond acceptors (Lipinski definition) is 26. The Morgan fingerprint density at radius 3 is 1.15 bits per heavy atom. The van der Waals surface area contributed by atoms with Crippen molar-refractivity contribution in [1.29, 1.82) is 0 Å². The Bertz CT molecular complexity index is 7280. The molecular weight excluding hydrogens is 1840 g/mol. The Morgan fingerprint density at radius 1 is 0.412 bits per heavy atom. The van der Waals surface area contributed by atoms with Crippen molar-refractivity contribution in [1.82, 2.24) is 59.8 Å². The average molecular weight is 1910 g/mol. The Hall–Kier alpha value is -14.3. The summed E-state index contributed by atoms with van der Waals surface area (Å²) >= 11 is 30.8. The Balaban J connectivity index is 0.000000137. The highest BCUT2D eigenvalue weighted by atomic mass is 36.0. The molecule has 20 rings (SSSR count). The molecule has 20 aromatic rings. The molecule has 0 bridgehead atoms. The van der Waals surface area contributed by atoms with Crippen molar-refractivity contribution in [2.24, 2.45) is 5.73 Å². The molecule has 9 heterocycles. The van der Waals surface area contributed by atoms with Gasteiger partial charge in [0.2, 0.25) is 0 Å². The number of nitrogens with one attached hydrogen (secondary N) is 4. The number of rotatable bonds is 16. The Kier molecular flexibility index (Phi) is 31.0. The first-order chi connectivity index (χ1) is 63.4. The normalized spacial score (nSPS) is 10.8. The van der Waals surface area contributed by atoms with Gasteiger partial charge in [0.1, 0.15) is 27.7 Å². The second-order valence-corrected chi connectivity index (χ2v) is 38.5. The molecule has 0 aliphatic carbocycles. The quantitative estimate of drug-likeness (QED) is 0.0188. The molecule has 0 radical (unpaired) electrons. The van der Waals surface area contributed by atoms with Crippen LogP contribution < -0.4 is 48.4 Å². The number of primary amides is 1. The van der Waals surface area contributed by atoms with Gasteiger partial charge in [-0.25, -0.2) is 49.8 Å². The molecule has 12 N–H and O–H groups in total. The van der Waals surface area contributed by atoms with Crippen molar-refractivity contribution in [3.05, 3.63) is 356 Å². The lowest BCUT2D eigenvalue weighted by molar-refractivity contribution is 0.100. The second kappa shape index (κ2) is 43.7. The lowest BCUT2D eigenvalue weighted by Crippen LogP contribution is -2.12. The highest BCUT2D eigenvalue weighted by Crippen LogP contribution is 2.61. The number of fused-ring (bicyclic) bond motifs is 6. The van der Waals surface area contributed by atoms with E-state index in [1.807, 2.05) is 231 Å². The number of nitrogens with two attached hydrogens (primary N) is 3. The molecule has 131 heavy (non-hydrogen) atoms. The highest BCUT2D eigenvalue weighted by Gasteiger charge is 2.19. The second-order valence-electron chi connectivity index (χ2n) is 27.9. The van der Waals surface area contributed by atoms with Gasteiger partial charge in [-0.2, -0.15) is 0 Å². The number of anilines is 6. The van der Waals surface area contributed by atoms with Gasteiger partial charge in [-0.05, 0) is 215 Å². The van der Waals surface area contributed by atoms with E-state index in [9.17, 15) is 28.8 Å². The molecule has 0 saturated carbocycles. The summed E-state index contributed by atoms with van der Waals surface area (Å²) in [7, 11) is 3.24. The lowest BCUT2D eigenvalue weighted by atomic mass is 10.1. The number of carbonyl (C=O) groups is 2. The minimum Gasteiger partial charge on any atom is -0.497 e. The number of H-pyrrole nitrogens is 2. The maximum Gasteiger partial charge on any atom is 0.339 e. The summed E-state index contributed by atoms with van der Waals surface area (Å²) in [4.78, 5) is 102. The molecule has 0 spiro atoms. The molecule has 0 saturated heterocycles. The van der Waals surface area contributed by atoms with Gasteiger partial charge in [-0.3, -0.25) is 23.7 Å². The summed E-state index contributed by atoms with van der Waals surface area (Å²) in [5.41, 5.74) is 26.8. The molecule has 0 fully saturated rings. The molecule has 0 aliphatic rings. The van der Waals surface area contributed by atoms with E-state index < -0.39 is 11.1 Å². The predicted molar refractivity (Wildman–Crippen MR) is 531 cm³/mol. The Labute approximate surface area is 783 Å². The van der Waals surface area contributed by atoms with Gasteiger partial charge in [-0.1, -0.05) is 168 Å². The third-order valence-corrected chi connectivity index (χ3v) is 22.9. The SMILES string of the molecule is COc1ccc(C=O)s1.COc1ccc(Nc2nc(-c3ccc(-c4nc(Nc5ccc(CO)cc5)c5ccccc5n4)s3)nc3ccccc23)cc1.Clc1nc(-c2ccc(-c3nc(Cl)c4ccccc4n3)cc2)nc2ccccc12.NC(=O)c1ccccc1N.Nc1ccc(CO)cc1.O=P(Cl)(Cl)Cl.O=c1[nH]c(-c2ccc(-c3nc4ccccc4c(=O)[nH]3)s2)nc2ccccc12. The van der Waals surface area contributed by atoms with Gasteiger partial charge >= 0.3 is 5.20 Å². The fourth-order valence-corrected chi connectivity index (χ4v) is 15.6. The zero-order valence-corrected chi connectivity index (χ0v) is 76.0. The van der Waals surface area contributed by atoms with E-state index in [4.69, 9.17) is 74.9 Å². The van der Waals surface area contributed by atoms with Crippen LogP contribution in [0, 0.1) is 0 Å². The molecule has 26 nitrogen and oxygen atoms in total. The van der Waals surface area contributed by atoms with Gasteiger partial charge in [-0.15, -0.1) is 22.7 Å². The van der Waals surface area contributed by atoms with E-state index in [0.29, 0.717) is 89.0 Å². The zero-order valence-electron chi connectivity index (χ0n) is 68.9. The average Bonchev–Trinajstić information content (AvgIpc) is 1.79. The van der Waals surface area contributed by atoms with Gasteiger partial charge in [0, 0.05) is 55.4 Å². The number of hydrogen-bond donors (Lipinski definition) is 9. The van der Waals surface area contributed by atoms with Crippen molar-refractivity contribution < 1.29 is 33.8 Å². The number of aromatic nitrogens is 12. The summed E-state index contributed by atoms with van der Waals surface area (Å²) in [6.07, 6.45) is 0.813. The molecule has 0 aliphatic heterocycles. The van der Waals surface area contributed by atoms with Crippen LogP contribution in [0.2, 0.25) is 10.3 Å². The number of para-hydroxylation sites is 7. The molecule has 9 aromatic heterocycles. The fourth-order valence-electron chi connectivity index (χ4n) is 12.7. The largest absolute Gasteiger partial charge is 0.497 e. The number of thiophene rings is 3. The molecule has 0 atom stereocenters. The molecule has 11 aromatic carbocycles. The number of nitrogens with zero attached hydrogens (tertiary/aromatic N) is 10. The molecule has 1 amide bonds. The van der Waals surface area contributed by atoms with Crippen LogP contribution in [-0.2, 0) is 17.8 Å². The summed E-state index contributed by atoms with van der Waals surface area (Å²) < 4.78 is 19.7. The van der Waals surface area contributed by atoms with E-state index >= 15 is 0 Å². The first-order valence-corrected chi connectivity index (χ1v) is 47.0. The number of aliphatic hydroxyl groups is 2. The third-order valence-electron chi connectivity index (χ3n) is 19.1. The number of aliphatic hydroxyl groups excluding tert-OH is 2. The van der Waals surface area contributed by atoms with E-state index in [0.717, 1.165) is 125 Å². The molecule has 654 valence electrons. The number of benzene rings is 11. The van der Waals surface area contributed by atoms with E-state index in [1.54, 1.807) is 98.4 Å². The minimum atomic E-state index is -3.22. The first-order valence-electron chi connectivity index (χ1n) is 39.4. The van der Waals surface area contributed by atoms with Crippen LogP contribution in [0.15, 0.2) is 313 Å². The van der Waals surface area contributed by atoms with Crippen molar-refractivity contribution >= 4 is 208 Å². The number of amides is 1. The van der Waals surface area contributed by atoms with Crippen LogP contribution in [0.1, 0.15) is 31.2 Å². The smallest absolute Gasteiger partial charge is 0.339 e. The lowest BCUT2D eigenvalue weighted by Gasteiger charge is -2.11. The van der Waals surface area contributed by atoms with Crippen LogP contribution in [0.3, 0.4) is 0 Å². The van der Waals surface area contributed by atoms with Crippen molar-refractivity contribution in [3.63, 3.8) is 0 Å². The van der Waals surface area contributed by atoms with Crippen LogP contribution in [-0.4, -0.2) is 96.4 Å². The summed E-state index contributed by atoms with van der Waals surface area (Å²) in [6, 6.07) is 93.9. The molecular formula is C96H73Cl5N17O9PS3. The maximum absolute atomic E-state index is 12.3.